The van der Waals surface area contributed by atoms with Crippen LogP contribution in [0.15, 0.2) is 30.3 Å². The van der Waals surface area contributed by atoms with Crippen LogP contribution in [0.5, 0.6) is 0 Å². The molecule has 1 aliphatic carbocycles. The topological polar surface area (TPSA) is 99.0 Å². The number of epoxide rings is 1. The van der Waals surface area contributed by atoms with Crippen molar-refractivity contribution < 1.29 is 23.9 Å². The van der Waals surface area contributed by atoms with Crippen LogP contribution in [0.1, 0.15) is 64.4 Å². The SMILES string of the molecule is CC(Cl)C(=O)[C@@H]1CC[C@]2(OC2OC(N)=O)[C@](CCCCCc2ccccc2)(C(=O)C(C)Cl)C1. The number of ether oxygens (including phenoxy) is 2. The first kappa shape index (κ1) is 26.0. The molecule has 182 valence electrons. The number of hydrogen-bond acceptors (Lipinski definition) is 5. The van der Waals surface area contributed by atoms with E-state index in [9.17, 15) is 14.4 Å². The van der Waals surface area contributed by atoms with Crippen molar-refractivity contribution in [3.05, 3.63) is 35.9 Å². The highest BCUT2D eigenvalue weighted by Gasteiger charge is 2.75. The molecule has 1 aromatic carbocycles. The Morgan fingerprint density at radius 2 is 1.82 bits per heavy atom. The largest absolute Gasteiger partial charge is 0.416 e. The lowest BCUT2D eigenvalue weighted by Gasteiger charge is -2.45. The second-order valence-electron chi connectivity index (χ2n) is 9.34. The lowest BCUT2D eigenvalue weighted by Crippen LogP contribution is -2.54. The molecule has 6 atom stereocenters. The maximum atomic E-state index is 13.6. The van der Waals surface area contributed by atoms with Crippen LogP contribution < -0.4 is 5.73 Å². The molecule has 2 N–H and O–H groups in total. The van der Waals surface area contributed by atoms with Crippen LogP contribution in [0.2, 0.25) is 0 Å². The van der Waals surface area contributed by atoms with Crippen molar-refractivity contribution in [1.82, 2.24) is 0 Å². The number of carbonyl (C=O) groups is 3. The number of amides is 1. The molecule has 2 aliphatic rings. The van der Waals surface area contributed by atoms with Gasteiger partial charge in [0.05, 0.1) is 16.2 Å². The van der Waals surface area contributed by atoms with Crippen molar-refractivity contribution in [1.29, 1.82) is 0 Å². The molecule has 1 saturated heterocycles. The van der Waals surface area contributed by atoms with Crippen molar-refractivity contribution in [3.63, 3.8) is 0 Å². The fourth-order valence-electron chi connectivity index (χ4n) is 5.49. The summed E-state index contributed by atoms with van der Waals surface area (Å²) in [5, 5.41) is -1.42. The van der Waals surface area contributed by atoms with E-state index in [-0.39, 0.29) is 23.9 Å². The highest BCUT2D eigenvalue weighted by molar-refractivity contribution is 6.32. The van der Waals surface area contributed by atoms with E-state index in [1.807, 2.05) is 18.2 Å². The Kier molecular flexibility index (Phi) is 8.46. The summed E-state index contributed by atoms with van der Waals surface area (Å²) in [4.78, 5) is 37.8. The van der Waals surface area contributed by atoms with E-state index >= 15 is 0 Å². The molecule has 3 unspecified atom stereocenters. The van der Waals surface area contributed by atoms with Crippen molar-refractivity contribution >= 4 is 40.9 Å². The minimum atomic E-state index is -1.04. The van der Waals surface area contributed by atoms with Gasteiger partial charge >= 0.3 is 6.09 Å². The van der Waals surface area contributed by atoms with Crippen molar-refractivity contribution in [2.45, 2.75) is 87.9 Å². The van der Waals surface area contributed by atoms with E-state index in [0.29, 0.717) is 19.3 Å². The van der Waals surface area contributed by atoms with Crippen LogP contribution in [-0.2, 0) is 25.5 Å². The van der Waals surface area contributed by atoms with Crippen LogP contribution in [0.25, 0.3) is 0 Å². The number of ketones is 2. The summed E-state index contributed by atoms with van der Waals surface area (Å²) in [5.41, 5.74) is 4.48. The molecule has 0 radical (unpaired) electrons. The van der Waals surface area contributed by atoms with Gasteiger partial charge in [-0.1, -0.05) is 43.2 Å². The van der Waals surface area contributed by atoms with E-state index < -0.39 is 34.2 Å². The van der Waals surface area contributed by atoms with Crippen LogP contribution >= 0.6 is 23.2 Å². The first-order valence-corrected chi connectivity index (χ1v) is 12.5. The van der Waals surface area contributed by atoms with E-state index in [1.165, 1.54) is 5.56 Å². The van der Waals surface area contributed by atoms with Gasteiger partial charge < -0.3 is 15.2 Å². The summed E-state index contributed by atoms with van der Waals surface area (Å²) in [6.07, 6.45) is 3.44. The molecule has 3 rings (SSSR count). The highest BCUT2D eigenvalue weighted by Crippen LogP contribution is 2.63. The normalized spacial score (nSPS) is 30.4. The van der Waals surface area contributed by atoms with Gasteiger partial charge in [-0.2, -0.15) is 0 Å². The Labute approximate surface area is 205 Å². The highest BCUT2D eigenvalue weighted by atomic mass is 35.5. The molecular formula is C25H33Cl2NO5. The fourth-order valence-corrected chi connectivity index (χ4v) is 5.88. The smallest absolute Gasteiger partial charge is 0.406 e. The van der Waals surface area contributed by atoms with Gasteiger partial charge in [-0.05, 0) is 57.9 Å². The molecule has 1 heterocycles. The number of halogens is 2. The van der Waals surface area contributed by atoms with Gasteiger partial charge in [0.15, 0.2) is 11.6 Å². The second kappa shape index (κ2) is 10.7. The molecule has 8 heteroatoms. The third-order valence-electron chi connectivity index (χ3n) is 7.17. The summed E-state index contributed by atoms with van der Waals surface area (Å²) in [7, 11) is 0. The molecule has 6 nitrogen and oxygen atoms in total. The summed E-state index contributed by atoms with van der Waals surface area (Å²) in [6.45, 7) is 3.29. The number of rotatable bonds is 11. The minimum Gasteiger partial charge on any atom is -0.416 e. The number of primary amides is 1. The van der Waals surface area contributed by atoms with Gasteiger partial charge in [0, 0.05) is 5.92 Å². The van der Waals surface area contributed by atoms with Gasteiger partial charge in [0.2, 0.25) is 6.29 Å². The summed E-state index contributed by atoms with van der Waals surface area (Å²) < 4.78 is 11.1. The van der Waals surface area contributed by atoms with Crippen molar-refractivity contribution in [2.75, 3.05) is 0 Å². The lowest BCUT2D eigenvalue weighted by atomic mass is 9.57. The summed E-state index contributed by atoms with van der Waals surface area (Å²) in [5.74, 6) is -0.629. The van der Waals surface area contributed by atoms with Gasteiger partial charge in [-0.25, -0.2) is 4.79 Å². The van der Waals surface area contributed by atoms with Crippen LogP contribution in [-0.4, -0.2) is 40.3 Å². The zero-order valence-electron chi connectivity index (χ0n) is 19.2. The monoisotopic (exact) mass is 497 g/mol. The molecular weight excluding hydrogens is 465 g/mol. The van der Waals surface area contributed by atoms with Crippen LogP contribution in [0.3, 0.4) is 0 Å². The molecule has 1 aromatic rings. The van der Waals surface area contributed by atoms with E-state index in [4.69, 9.17) is 38.4 Å². The number of alkyl halides is 2. The zero-order valence-corrected chi connectivity index (χ0v) is 20.7. The maximum absolute atomic E-state index is 13.6. The average Bonchev–Trinajstić information content (AvgIpc) is 3.46. The number of Topliss-reactive ketones (excluding diaryl/α,β-unsaturated/α-hetero) is 2. The Bertz CT molecular complexity index is 862. The molecule has 1 aliphatic heterocycles. The fraction of sp³-hybridized carbons (Fsp3) is 0.640. The second-order valence-corrected chi connectivity index (χ2v) is 10.7. The Hall–Kier alpha value is -1.63. The number of carbonyl (C=O) groups excluding carboxylic acids is 3. The first-order chi connectivity index (χ1) is 15.6. The molecule has 33 heavy (non-hydrogen) atoms. The van der Waals surface area contributed by atoms with Gasteiger partial charge in [0.1, 0.15) is 5.60 Å². The van der Waals surface area contributed by atoms with Gasteiger partial charge in [-0.3, -0.25) is 9.59 Å². The standard InChI is InChI=1S/C25H33Cl2NO5/c1-16(26)20(29)19-12-14-25(22(33-25)32-23(28)31)24(15-19,21(30)17(2)27)13-8-4-7-11-18-9-5-3-6-10-18/h3,5-6,9-10,16-17,19,22H,4,7-8,11-15H2,1-2H3,(H2,28,31)/t16?,17?,19-,22?,24+,25-/m1/s1. The number of benzene rings is 1. The van der Waals surface area contributed by atoms with Crippen LogP contribution in [0, 0.1) is 11.3 Å². The lowest BCUT2D eigenvalue weighted by molar-refractivity contribution is -0.140. The van der Waals surface area contributed by atoms with E-state index in [2.05, 4.69) is 12.1 Å². The van der Waals surface area contributed by atoms with Gasteiger partial charge in [-0.15, -0.1) is 23.2 Å². The number of aryl methyl sites for hydroxylation is 1. The van der Waals surface area contributed by atoms with Gasteiger partial charge in [0.25, 0.3) is 0 Å². The number of hydrogen-bond donors (Lipinski definition) is 1. The number of unbranched alkanes of at least 4 members (excludes halogenated alkanes) is 2. The third-order valence-corrected chi connectivity index (χ3v) is 7.59. The van der Waals surface area contributed by atoms with E-state index in [0.717, 1.165) is 25.7 Å². The maximum Gasteiger partial charge on any atom is 0.406 e. The van der Waals surface area contributed by atoms with E-state index in [1.54, 1.807) is 13.8 Å². The zero-order chi connectivity index (χ0) is 24.2. The molecule has 0 bridgehead atoms. The summed E-state index contributed by atoms with van der Waals surface area (Å²) >= 11 is 12.4. The van der Waals surface area contributed by atoms with Crippen molar-refractivity contribution in [3.8, 4) is 0 Å². The number of nitrogens with two attached hydrogens (primary N) is 1. The predicted octanol–water partition coefficient (Wildman–Crippen LogP) is 5.16. The Balaban J connectivity index is 1.80. The van der Waals surface area contributed by atoms with Crippen LogP contribution in [0.4, 0.5) is 4.79 Å². The molecule has 0 aromatic heterocycles. The summed E-state index contributed by atoms with van der Waals surface area (Å²) in [6, 6.07) is 10.2. The van der Waals surface area contributed by atoms with Crippen molar-refractivity contribution in [2.24, 2.45) is 17.1 Å². The predicted molar refractivity (Wildman–Crippen MR) is 127 cm³/mol. The molecule has 1 amide bonds. The minimum absolute atomic E-state index is 0.0805. The Morgan fingerprint density at radius 1 is 1.12 bits per heavy atom. The Morgan fingerprint density at radius 3 is 2.42 bits per heavy atom. The first-order valence-electron chi connectivity index (χ1n) is 11.7. The quantitative estimate of drug-likeness (QED) is 0.258. The average molecular weight is 498 g/mol. The molecule has 2 fully saturated rings. The third kappa shape index (κ3) is 5.55. The molecule has 1 spiro atoms. The molecule has 1 saturated carbocycles.